The SMILES string of the molecule is CC=c1[nH]c2c(c1=CC)CCOC2C1=CC(F)CC=C1F. The number of aromatic amines is 1. The lowest BCUT2D eigenvalue weighted by Crippen LogP contribution is -2.26. The highest BCUT2D eigenvalue weighted by molar-refractivity contribution is 5.44. The van der Waals surface area contributed by atoms with Crippen LogP contribution in [0.25, 0.3) is 12.2 Å². The number of nitrogens with one attached hydrogen (secondary N) is 1. The van der Waals surface area contributed by atoms with Gasteiger partial charge >= 0.3 is 0 Å². The van der Waals surface area contributed by atoms with Crippen molar-refractivity contribution in [3.8, 4) is 0 Å². The molecule has 0 aromatic carbocycles. The van der Waals surface area contributed by atoms with Gasteiger partial charge in [-0.05, 0) is 43.2 Å². The first-order valence-corrected chi connectivity index (χ1v) is 7.32. The molecule has 0 spiro atoms. The van der Waals surface area contributed by atoms with Crippen LogP contribution in [-0.2, 0) is 11.2 Å². The molecule has 1 aromatic rings. The zero-order valence-corrected chi connectivity index (χ0v) is 12.2. The van der Waals surface area contributed by atoms with Crippen LogP contribution in [0, 0.1) is 0 Å². The number of aromatic nitrogens is 1. The third kappa shape index (κ3) is 2.38. The summed E-state index contributed by atoms with van der Waals surface area (Å²) in [5, 5.41) is 2.15. The van der Waals surface area contributed by atoms with Gasteiger partial charge in [-0.15, -0.1) is 0 Å². The Labute approximate surface area is 122 Å². The Bertz CT molecular complexity index is 727. The fourth-order valence-electron chi connectivity index (χ4n) is 3.14. The van der Waals surface area contributed by atoms with Crippen molar-refractivity contribution in [2.75, 3.05) is 6.61 Å². The van der Waals surface area contributed by atoms with Crippen LogP contribution in [0.1, 0.15) is 37.6 Å². The van der Waals surface area contributed by atoms with Crippen LogP contribution < -0.4 is 10.6 Å². The van der Waals surface area contributed by atoms with Gasteiger partial charge in [0.2, 0.25) is 0 Å². The van der Waals surface area contributed by atoms with Gasteiger partial charge < -0.3 is 9.72 Å². The molecule has 0 bridgehead atoms. The lowest BCUT2D eigenvalue weighted by atomic mass is 9.93. The van der Waals surface area contributed by atoms with E-state index >= 15 is 0 Å². The molecule has 0 saturated carbocycles. The molecule has 2 atom stereocenters. The van der Waals surface area contributed by atoms with Crippen LogP contribution in [0.15, 0.2) is 23.6 Å². The van der Waals surface area contributed by atoms with E-state index in [2.05, 4.69) is 4.98 Å². The maximum absolute atomic E-state index is 14.1. The third-order valence-corrected chi connectivity index (χ3v) is 4.13. The maximum atomic E-state index is 14.1. The second-order valence-electron chi connectivity index (χ2n) is 5.35. The molecule has 112 valence electrons. The van der Waals surface area contributed by atoms with Crippen molar-refractivity contribution >= 4 is 12.2 Å². The quantitative estimate of drug-likeness (QED) is 0.845. The lowest BCUT2D eigenvalue weighted by Gasteiger charge is -2.27. The Balaban J connectivity index is 2.14. The average Bonchev–Trinajstić information content (AvgIpc) is 2.87. The summed E-state index contributed by atoms with van der Waals surface area (Å²) in [4.78, 5) is 3.32. The number of rotatable bonds is 1. The van der Waals surface area contributed by atoms with Gasteiger partial charge in [0.1, 0.15) is 18.1 Å². The molecular weight excluding hydrogens is 272 g/mol. The van der Waals surface area contributed by atoms with Crippen molar-refractivity contribution in [2.24, 2.45) is 0 Å². The van der Waals surface area contributed by atoms with Crippen molar-refractivity contribution in [1.29, 1.82) is 0 Å². The number of hydrogen-bond donors (Lipinski definition) is 1. The molecule has 0 amide bonds. The number of H-pyrrole nitrogens is 1. The Morgan fingerprint density at radius 3 is 2.86 bits per heavy atom. The van der Waals surface area contributed by atoms with Crippen molar-refractivity contribution in [3.05, 3.63) is 45.4 Å². The largest absolute Gasteiger partial charge is 0.367 e. The fraction of sp³-hybridized carbons (Fsp3) is 0.412. The van der Waals surface area contributed by atoms with Gasteiger partial charge in [0.15, 0.2) is 0 Å². The highest BCUT2D eigenvalue weighted by Crippen LogP contribution is 2.37. The molecule has 0 saturated heterocycles. The molecule has 1 aromatic heterocycles. The minimum absolute atomic E-state index is 0.0988. The van der Waals surface area contributed by atoms with Gasteiger partial charge in [-0.25, -0.2) is 8.78 Å². The number of ether oxygens (including phenoxy) is 1. The summed E-state index contributed by atoms with van der Waals surface area (Å²) >= 11 is 0. The molecule has 2 heterocycles. The average molecular weight is 291 g/mol. The molecular formula is C17H19F2NO. The molecule has 0 radical (unpaired) electrons. The van der Waals surface area contributed by atoms with Crippen molar-refractivity contribution in [1.82, 2.24) is 4.98 Å². The molecule has 4 heteroatoms. The van der Waals surface area contributed by atoms with E-state index in [1.54, 1.807) is 0 Å². The Kier molecular flexibility index (Phi) is 3.81. The molecule has 21 heavy (non-hydrogen) atoms. The first kappa shape index (κ1) is 14.3. The Morgan fingerprint density at radius 1 is 1.33 bits per heavy atom. The van der Waals surface area contributed by atoms with E-state index in [1.807, 2.05) is 26.0 Å². The van der Waals surface area contributed by atoms with Gasteiger partial charge in [-0.2, -0.15) is 0 Å². The van der Waals surface area contributed by atoms with Crippen LogP contribution in [-0.4, -0.2) is 17.8 Å². The molecule has 1 aliphatic heterocycles. The summed E-state index contributed by atoms with van der Waals surface area (Å²) in [6.07, 6.45) is 5.89. The summed E-state index contributed by atoms with van der Waals surface area (Å²) in [5.74, 6) is -0.375. The molecule has 2 unspecified atom stereocenters. The van der Waals surface area contributed by atoms with Crippen LogP contribution in [0.3, 0.4) is 0 Å². The maximum Gasteiger partial charge on any atom is 0.125 e. The third-order valence-electron chi connectivity index (χ3n) is 4.13. The smallest absolute Gasteiger partial charge is 0.125 e. The molecule has 0 fully saturated rings. The Hall–Kier alpha value is -1.68. The van der Waals surface area contributed by atoms with Crippen LogP contribution in [0.4, 0.5) is 8.78 Å². The van der Waals surface area contributed by atoms with Gasteiger partial charge in [0.25, 0.3) is 0 Å². The van der Waals surface area contributed by atoms with E-state index in [-0.39, 0.29) is 12.2 Å². The summed E-state index contributed by atoms with van der Waals surface area (Å²) < 4.78 is 33.4. The number of halogens is 2. The molecule has 2 nitrogen and oxygen atoms in total. The van der Waals surface area contributed by atoms with Crippen LogP contribution >= 0.6 is 0 Å². The first-order chi connectivity index (χ1) is 10.2. The fourth-order valence-corrected chi connectivity index (χ4v) is 3.14. The topological polar surface area (TPSA) is 25.0 Å². The van der Waals surface area contributed by atoms with Gasteiger partial charge in [-0.1, -0.05) is 12.2 Å². The summed E-state index contributed by atoms with van der Waals surface area (Å²) in [7, 11) is 0. The minimum Gasteiger partial charge on any atom is -0.367 e. The van der Waals surface area contributed by atoms with E-state index < -0.39 is 12.3 Å². The predicted molar refractivity (Wildman–Crippen MR) is 79.5 cm³/mol. The van der Waals surface area contributed by atoms with E-state index in [9.17, 15) is 8.78 Å². The molecule has 1 aliphatic carbocycles. The van der Waals surface area contributed by atoms with E-state index in [0.29, 0.717) is 12.2 Å². The number of fused-ring (bicyclic) bond motifs is 1. The molecule has 2 aliphatic rings. The van der Waals surface area contributed by atoms with Crippen molar-refractivity contribution < 1.29 is 13.5 Å². The lowest BCUT2D eigenvalue weighted by molar-refractivity contribution is 0.0629. The minimum atomic E-state index is -1.14. The van der Waals surface area contributed by atoms with Crippen molar-refractivity contribution in [2.45, 2.75) is 39.0 Å². The monoisotopic (exact) mass is 291 g/mol. The molecule has 1 N–H and O–H groups in total. The van der Waals surface area contributed by atoms with Gasteiger partial charge in [0.05, 0.1) is 12.3 Å². The van der Waals surface area contributed by atoms with E-state index in [4.69, 9.17) is 4.74 Å². The number of allylic oxidation sites excluding steroid dienone is 2. The highest BCUT2D eigenvalue weighted by atomic mass is 19.1. The highest BCUT2D eigenvalue weighted by Gasteiger charge is 2.31. The zero-order valence-electron chi connectivity index (χ0n) is 12.2. The van der Waals surface area contributed by atoms with E-state index in [0.717, 1.165) is 28.2 Å². The standard InChI is InChI=1S/C17H19F2NO/c1-3-11-12-7-8-21-17(16(12)20-15(11)4-2)13-9-10(18)5-6-14(13)19/h3-4,6,9-10,17,20H,5,7-8H2,1-2H3. The van der Waals surface area contributed by atoms with Crippen LogP contribution in [0.5, 0.6) is 0 Å². The number of alkyl halides is 1. The first-order valence-electron chi connectivity index (χ1n) is 7.32. The molecule has 3 rings (SSSR count). The van der Waals surface area contributed by atoms with Gasteiger partial charge in [-0.3, -0.25) is 0 Å². The Morgan fingerprint density at radius 2 is 2.14 bits per heavy atom. The zero-order chi connectivity index (χ0) is 15.0. The second-order valence-corrected chi connectivity index (χ2v) is 5.35. The summed E-state index contributed by atoms with van der Waals surface area (Å²) in [6.45, 7) is 4.46. The van der Waals surface area contributed by atoms with Crippen LogP contribution in [0.2, 0.25) is 0 Å². The number of hydrogen-bond acceptors (Lipinski definition) is 1. The van der Waals surface area contributed by atoms with Gasteiger partial charge in [0, 0.05) is 17.3 Å². The normalized spacial score (nSPS) is 27.4. The summed E-state index contributed by atoms with van der Waals surface area (Å²) in [5.41, 5.74) is 2.31. The predicted octanol–water partition coefficient (Wildman–Crippen LogP) is 2.75. The summed E-state index contributed by atoms with van der Waals surface area (Å²) in [6, 6.07) is 0. The van der Waals surface area contributed by atoms with Crippen molar-refractivity contribution in [3.63, 3.8) is 0 Å². The van der Waals surface area contributed by atoms with E-state index in [1.165, 1.54) is 12.2 Å². The second kappa shape index (κ2) is 5.60.